The summed E-state index contributed by atoms with van der Waals surface area (Å²) < 4.78 is 0. The number of aromatic nitrogens is 2. The van der Waals surface area contributed by atoms with Crippen molar-refractivity contribution in [1.82, 2.24) is 9.97 Å². The molecule has 5 nitrogen and oxygen atoms in total. The molecule has 2 aromatic rings. The number of nitrogens with zero attached hydrogens (tertiary/aromatic N) is 2. The van der Waals surface area contributed by atoms with Gasteiger partial charge in [0, 0.05) is 11.4 Å². The fourth-order valence-corrected chi connectivity index (χ4v) is 2.95. The van der Waals surface area contributed by atoms with Crippen molar-refractivity contribution < 1.29 is 0 Å². The van der Waals surface area contributed by atoms with E-state index in [4.69, 9.17) is 5.84 Å². The second-order valence-electron chi connectivity index (χ2n) is 6.58. The first kappa shape index (κ1) is 13.1. The van der Waals surface area contributed by atoms with Crippen LogP contribution in [0.4, 0.5) is 11.8 Å². The van der Waals surface area contributed by atoms with E-state index in [-0.39, 0.29) is 10.8 Å². The first-order valence-corrected chi connectivity index (χ1v) is 6.88. The Morgan fingerprint density at radius 2 is 1.70 bits per heavy atom. The van der Waals surface area contributed by atoms with Crippen molar-refractivity contribution in [1.29, 1.82) is 0 Å². The summed E-state index contributed by atoms with van der Waals surface area (Å²) in [5, 5.41) is 4.59. The van der Waals surface area contributed by atoms with Crippen LogP contribution in [0.3, 0.4) is 0 Å². The number of nitrogens with two attached hydrogens (primary N) is 1. The molecule has 4 N–H and O–H groups in total. The van der Waals surface area contributed by atoms with Crippen LogP contribution in [0.2, 0.25) is 0 Å². The van der Waals surface area contributed by atoms with Gasteiger partial charge in [-0.25, -0.2) is 10.8 Å². The summed E-state index contributed by atoms with van der Waals surface area (Å²) in [6, 6.07) is 8.34. The van der Waals surface area contributed by atoms with E-state index in [9.17, 15) is 0 Å². The van der Waals surface area contributed by atoms with Gasteiger partial charge in [0.15, 0.2) is 0 Å². The van der Waals surface area contributed by atoms with Gasteiger partial charge in [-0.15, -0.1) is 0 Å². The van der Waals surface area contributed by atoms with Gasteiger partial charge in [0.2, 0.25) is 5.95 Å². The summed E-state index contributed by atoms with van der Waals surface area (Å²) in [4.78, 5) is 8.84. The number of anilines is 2. The molecule has 0 amide bonds. The third-order valence-electron chi connectivity index (χ3n) is 5.03. The zero-order valence-corrected chi connectivity index (χ0v) is 12.4. The molecule has 20 heavy (non-hydrogen) atoms. The van der Waals surface area contributed by atoms with Crippen LogP contribution < -0.4 is 16.6 Å². The van der Waals surface area contributed by atoms with Crippen LogP contribution in [0, 0.1) is 10.8 Å². The Morgan fingerprint density at radius 1 is 1.05 bits per heavy atom. The molecule has 0 unspecified atom stereocenters. The molecule has 0 bridgehead atoms. The van der Waals surface area contributed by atoms with E-state index in [0.29, 0.717) is 12.0 Å². The van der Waals surface area contributed by atoms with E-state index < -0.39 is 0 Å². The molecule has 0 saturated heterocycles. The molecule has 0 radical (unpaired) electrons. The predicted molar refractivity (Wildman–Crippen MR) is 82.3 cm³/mol. The number of fused-ring (bicyclic) bond motifs is 1. The summed E-state index contributed by atoms with van der Waals surface area (Å²) in [6.45, 7) is 9.10. The number of nitrogen functional groups attached to an aromatic ring is 1. The van der Waals surface area contributed by atoms with Gasteiger partial charge >= 0.3 is 0 Å². The Labute approximate surface area is 119 Å². The Balaban J connectivity index is 2.03. The molecule has 1 heterocycles. The standard InChI is InChI=1S/C15H21N5/c1-14(2)12(15(14,3)4)18-11-9-7-5-6-8-10(9)17-13(19-11)20-16/h5-8,12H,16H2,1-4H3,(H2,17,18,19,20). The zero-order chi connectivity index (χ0) is 14.5. The molecular formula is C15H21N5. The number of nitrogens with one attached hydrogen (secondary N) is 2. The van der Waals surface area contributed by atoms with Gasteiger partial charge in [0.05, 0.1) is 5.52 Å². The highest BCUT2D eigenvalue weighted by molar-refractivity contribution is 5.90. The molecular weight excluding hydrogens is 250 g/mol. The molecule has 1 fully saturated rings. The quantitative estimate of drug-likeness (QED) is 0.591. The van der Waals surface area contributed by atoms with E-state index >= 15 is 0 Å². The van der Waals surface area contributed by atoms with Crippen LogP contribution >= 0.6 is 0 Å². The van der Waals surface area contributed by atoms with Crippen molar-refractivity contribution in [3.63, 3.8) is 0 Å². The lowest BCUT2D eigenvalue weighted by Gasteiger charge is -2.11. The van der Waals surface area contributed by atoms with Gasteiger partial charge in [-0.1, -0.05) is 39.8 Å². The highest BCUT2D eigenvalue weighted by Gasteiger charge is 2.65. The van der Waals surface area contributed by atoms with Gasteiger partial charge in [-0.3, -0.25) is 5.43 Å². The number of hydrogen-bond donors (Lipinski definition) is 3. The van der Waals surface area contributed by atoms with Gasteiger partial charge in [-0.2, -0.15) is 4.98 Å². The average Bonchev–Trinajstić information content (AvgIpc) is 2.80. The van der Waals surface area contributed by atoms with Crippen molar-refractivity contribution in [2.24, 2.45) is 16.7 Å². The maximum atomic E-state index is 5.46. The predicted octanol–water partition coefficient (Wildman–Crippen LogP) is 2.76. The van der Waals surface area contributed by atoms with Gasteiger partial charge < -0.3 is 5.32 Å². The molecule has 3 rings (SSSR count). The van der Waals surface area contributed by atoms with Crippen LogP contribution in [0.1, 0.15) is 27.7 Å². The Kier molecular flexibility index (Phi) is 2.66. The fraction of sp³-hybridized carbons (Fsp3) is 0.467. The average molecular weight is 271 g/mol. The number of benzene rings is 1. The van der Waals surface area contributed by atoms with Crippen LogP contribution in [0.25, 0.3) is 10.9 Å². The van der Waals surface area contributed by atoms with E-state index in [1.54, 1.807) is 0 Å². The molecule has 0 atom stereocenters. The summed E-state index contributed by atoms with van der Waals surface area (Å²) in [5.41, 5.74) is 3.91. The monoisotopic (exact) mass is 271 g/mol. The second kappa shape index (κ2) is 4.06. The van der Waals surface area contributed by atoms with Crippen LogP contribution in [-0.2, 0) is 0 Å². The van der Waals surface area contributed by atoms with E-state index in [1.165, 1.54) is 0 Å². The fourth-order valence-electron chi connectivity index (χ4n) is 2.95. The SMILES string of the molecule is CC1(C)C(Nc2nc(NN)nc3ccccc23)C1(C)C. The largest absolute Gasteiger partial charge is 0.366 e. The first-order chi connectivity index (χ1) is 9.38. The molecule has 1 saturated carbocycles. The lowest BCUT2D eigenvalue weighted by Crippen LogP contribution is -2.15. The van der Waals surface area contributed by atoms with Crippen molar-refractivity contribution >= 4 is 22.7 Å². The summed E-state index contributed by atoms with van der Waals surface area (Å²) >= 11 is 0. The second-order valence-corrected chi connectivity index (χ2v) is 6.58. The van der Waals surface area contributed by atoms with E-state index in [0.717, 1.165) is 16.7 Å². The maximum Gasteiger partial charge on any atom is 0.239 e. The summed E-state index contributed by atoms with van der Waals surface area (Å²) in [6.07, 6.45) is 0. The first-order valence-electron chi connectivity index (χ1n) is 6.88. The summed E-state index contributed by atoms with van der Waals surface area (Å²) in [5.74, 6) is 6.73. The van der Waals surface area contributed by atoms with Crippen molar-refractivity contribution in [3.05, 3.63) is 24.3 Å². The highest BCUT2D eigenvalue weighted by atomic mass is 15.3. The topological polar surface area (TPSA) is 75.9 Å². The number of hydrogen-bond acceptors (Lipinski definition) is 5. The Bertz CT molecular complexity index is 648. The van der Waals surface area contributed by atoms with Crippen LogP contribution in [-0.4, -0.2) is 16.0 Å². The smallest absolute Gasteiger partial charge is 0.239 e. The highest BCUT2D eigenvalue weighted by Crippen LogP contribution is 2.63. The number of rotatable bonds is 3. The van der Waals surface area contributed by atoms with Crippen molar-refractivity contribution in [3.8, 4) is 0 Å². The molecule has 1 aliphatic rings. The number of para-hydroxylation sites is 1. The van der Waals surface area contributed by atoms with Gasteiger partial charge in [-0.05, 0) is 23.0 Å². The molecule has 0 aliphatic heterocycles. The lowest BCUT2D eigenvalue weighted by atomic mass is 10.0. The molecule has 5 heteroatoms. The van der Waals surface area contributed by atoms with Gasteiger partial charge in [0.25, 0.3) is 0 Å². The molecule has 1 aromatic carbocycles. The van der Waals surface area contributed by atoms with E-state index in [2.05, 4.69) is 48.4 Å². The lowest BCUT2D eigenvalue weighted by molar-refractivity contribution is 0.457. The third-order valence-corrected chi connectivity index (χ3v) is 5.03. The minimum Gasteiger partial charge on any atom is -0.366 e. The molecule has 0 spiro atoms. The number of hydrazine groups is 1. The third kappa shape index (κ3) is 1.73. The normalized spacial score (nSPS) is 19.9. The minimum atomic E-state index is 0.245. The van der Waals surface area contributed by atoms with Crippen molar-refractivity contribution in [2.75, 3.05) is 10.7 Å². The Morgan fingerprint density at radius 3 is 2.30 bits per heavy atom. The minimum absolute atomic E-state index is 0.245. The molecule has 1 aliphatic carbocycles. The zero-order valence-electron chi connectivity index (χ0n) is 12.4. The molecule has 106 valence electrons. The Hall–Kier alpha value is -1.88. The maximum absolute atomic E-state index is 5.46. The molecule has 1 aromatic heterocycles. The van der Waals surface area contributed by atoms with Crippen molar-refractivity contribution in [2.45, 2.75) is 33.7 Å². The van der Waals surface area contributed by atoms with Crippen LogP contribution in [0.5, 0.6) is 0 Å². The van der Waals surface area contributed by atoms with Crippen LogP contribution in [0.15, 0.2) is 24.3 Å². The summed E-state index contributed by atoms with van der Waals surface area (Å²) in [7, 11) is 0. The van der Waals surface area contributed by atoms with Gasteiger partial charge in [0.1, 0.15) is 5.82 Å². The van der Waals surface area contributed by atoms with E-state index in [1.807, 2.05) is 24.3 Å².